The second-order valence-electron chi connectivity index (χ2n) is 6.50. The number of benzene rings is 2. The van der Waals surface area contributed by atoms with Gasteiger partial charge in [0, 0.05) is 13.1 Å². The second-order valence-corrected chi connectivity index (χ2v) is 6.50. The molecule has 1 N–H and O–H groups in total. The van der Waals surface area contributed by atoms with Crippen LogP contribution in [0.25, 0.3) is 0 Å². The molecule has 0 fully saturated rings. The second kappa shape index (κ2) is 10.4. The molecule has 0 heterocycles. The molecule has 27 heavy (non-hydrogen) atoms. The van der Waals surface area contributed by atoms with Crippen LogP contribution in [-0.2, 0) is 16.0 Å². The van der Waals surface area contributed by atoms with Crippen molar-refractivity contribution in [2.45, 2.75) is 33.2 Å². The van der Waals surface area contributed by atoms with E-state index in [0.29, 0.717) is 25.3 Å². The zero-order valence-corrected chi connectivity index (χ0v) is 16.3. The van der Waals surface area contributed by atoms with Crippen LogP contribution in [0.1, 0.15) is 25.0 Å². The largest absolute Gasteiger partial charge is 0.484 e. The summed E-state index contributed by atoms with van der Waals surface area (Å²) in [6.07, 6.45) is 0.681. The Kier molecular flexibility index (Phi) is 7.86. The van der Waals surface area contributed by atoms with Crippen molar-refractivity contribution in [1.82, 2.24) is 10.2 Å². The van der Waals surface area contributed by atoms with Gasteiger partial charge < -0.3 is 15.0 Å². The van der Waals surface area contributed by atoms with Crippen LogP contribution in [0.4, 0.5) is 0 Å². The van der Waals surface area contributed by atoms with Crippen molar-refractivity contribution in [3.05, 3.63) is 65.7 Å². The third kappa shape index (κ3) is 6.44. The zero-order chi connectivity index (χ0) is 19.6. The average Bonchev–Trinajstić information content (AvgIpc) is 2.68. The first-order valence-electron chi connectivity index (χ1n) is 9.31. The summed E-state index contributed by atoms with van der Waals surface area (Å²) in [5.74, 6) is 0.280. The number of aryl methyl sites for hydroxylation is 1. The van der Waals surface area contributed by atoms with Gasteiger partial charge in [-0.2, -0.15) is 0 Å². The van der Waals surface area contributed by atoms with Crippen molar-refractivity contribution in [1.29, 1.82) is 0 Å². The van der Waals surface area contributed by atoms with Gasteiger partial charge in [0.1, 0.15) is 11.8 Å². The zero-order valence-electron chi connectivity index (χ0n) is 16.3. The van der Waals surface area contributed by atoms with E-state index in [2.05, 4.69) is 5.32 Å². The maximum absolute atomic E-state index is 12.8. The van der Waals surface area contributed by atoms with Crippen LogP contribution >= 0.6 is 0 Å². The highest BCUT2D eigenvalue weighted by atomic mass is 16.5. The summed E-state index contributed by atoms with van der Waals surface area (Å²) >= 11 is 0. The van der Waals surface area contributed by atoms with Gasteiger partial charge in [-0.05, 0) is 44.9 Å². The van der Waals surface area contributed by atoms with Crippen LogP contribution in [0.2, 0.25) is 0 Å². The number of nitrogens with zero attached hydrogens (tertiary/aromatic N) is 1. The molecule has 0 radical (unpaired) electrons. The van der Waals surface area contributed by atoms with Crippen molar-refractivity contribution in [3.63, 3.8) is 0 Å². The lowest BCUT2D eigenvalue weighted by atomic mass is 10.1. The maximum Gasteiger partial charge on any atom is 0.261 e. The monoisotopic (exact) mass is 368 g/mol. The number of nitrogens with one attached hydrogen (secondary N) is 1. The molecule has 0 bridgehead atoms. The van der Waals surface area contributed by atoms with Gasteiger partial charge in [0.15, 0.2) is 6.61 Å². The molecule has 2 amide bonds. The van der Waals surface area contributed by atoms with E-state index in [0.717, 1.165) is 11.1 Å². The summed E-state index contributed by atoms with van der Waals surface area (Å²) in [6, 6.07) is 16.9. The lowest BCUT2D eigenvalue weighted by molar-refractivity contribution is -0.141. The number of hydrogen-bond acceptors (Lipinski definition) is 3. The van der Waals surface area contributed by atoms with E-state index >= 15 is 0 Å². The topological polar surface area (TPSA) is 58.6 Å². The first-order chi connectivity index (χ1) is 13.0. The molecule has 2 aromatic carbocycles. The Morgan fingerprint density at radius 1 is 1.07 bits per heavy atom. The summed E-state index contributed by atoms with van der Waals surface area (Å²) in [4.78, 5) is 26.6. The normalized spacial score (nSPS) is 11.5. The van der Waals surface area contributed by atoms with E-state index in [1.807, 2.05) is 68.4 Å². The Labute approximate surface area is 161 Å². The van der Waals surface area contributed by atoms with Crippen molar-refractivity contribution < 1.29 is 14.3 Å². The van der Waals surface area contributed by atoms with Gasteiger partial charge in [-0.1, -0.05) is 48.0 Å². The van der Waals surface area contributed by atoms with E-state index < -0.39 is 6.04 Å². The van der Waals surface area contributed by atoms with E-state index in [1.54, 1.807) is 11.8 Å². The first-order valence-corrected chi connectivity index (χ1v) is 9.31. The predicted octanol–water partition coefficient (Wildman–Crippen LogP) is 2.97. The molecule has 0 aliphatic rings. The number of hydrogen-bond donors (Lipinski definition) is 1. The Hall–Kier alpha value is -2.82. The third-order valence-corrected chi connectivity index (χ3v) is 4.39. The van der Waals surface area contributed by atoms with Gasteiger partial charge in [0.2, 0.25) is 5.91 Å². The van der Waals surface area contributed by atoms with Crippen LogP contribution in [0.5, 0.6) is 5.75 Å². The highest BCUT2D eigenvalue weighted by Crippen LogP contribution is 2.12. The van der Waals surface area contributed by atoms with E-state index in [9.17, 15) is 9.59 Å². The smallest absolute Gasteiger partial charge is 0.261 e. The van der Waals surface area contributed by atoms with Gasteiger partial charge in [0.05, 0.1) is 0 Å². The fourth-order valence-electron chi connectivity index (χ4n) is 2.75. The molecule has 0 aliphatic carbocycles. The molecule has 0 aromatic heterocycles. The molecule has 2 rings (SSSR count). The summed E-state index contributed by atoms with van der Waals surface area (Å²) < 4.78 is 5.62. The van der Waals surface area contributed by atoms with Crippen LogP contribution in [0.15, 0.2) is 54.6 Å². The van der Waals surface area contributed by atoms with Crippen LogP contribution in [0.3, 0.4) is 0 Å². The Balaban J connectivity index is 2.03. The summed E-state index contributed by atoms with van der Waals surface area (Å²) in [7, 11) is 0. The third-order valence-electron chi connectivity index (χ3n) is 4.39. The van der Waals surface area contributed by atoms with Gasteiger partial charge in [-0.3, -0.25) is 9.59 Å². The van der Waals surface area contributed by atoms with E-state index in [4.69, 9.17) is 4.74 Å². The molecule has 0 aliphatic heterocycles. The van der Waals surface area contributed by atoms with Crippen LogP contribution in [0, 0.1) is 6.92 Å². The SMILES string of the molecule is CCNC(=O)[C@@H](C)N(CCc1ccccc1)C(=O)COc1ccc(C)cc1. The molecule has 5 heteroatoms. The highest BCUT2D eigenvalue weighted by Gasteiger charge is 2.25. The number of carbonyl (C=O) groups is 2. The van der Waals surface area contributed by atoms with Crippen LogP contribution < -0.4 is 10.1 Å². The average molecular weight is 368 g/mol. The Bertz CT molecular complexity index is 729. The number of likely N-dealkylation sites (N-methyl/N-ethyl adjacent to an activating group) is 1. The number of carbonyl (C=O) groups excluding carboxylic acids is 2. The molecule has 0 saturated heterocycles. The van der Waals surface area contributed by atoms with Crippen molar-refractivity contribution >= 4 is 11.8 Å². The lowest BCUT2D eigenvalue weighted by Gasteiger charge is -2.28. The summed E-state index contributed by atoms with van der Waals surface area (Å²) in [6.45, 7) is 6.50. The minimum atomic E-state index is -0.553. The molecule has 1 atom stereocenters. The van der Waals surface area contributed by atoms with Crippen LogP contribution in [-0.4, -0.2) is 42.5 Å². The molecular formula is C22H28N2O3. The Morgan fingerprint density at radius 3 is 2.37 bits per heavy atom. The summed E-state index contributed by atoms with van der Waals surface area (Å²) in [5, 5.41) is 2.79. The molecule has 2 aromatic rings. The van der Waals surface area contributed by atoms with Gasteiger partial charge in [-0.25, -0.2) is 0 Å². The van der Waals surface area contributed by atoms with Gasteiger partial charge in [0.25, 0.3) is 5.91 Å². The van der Waals surface area contributed by atoms with Gasteiger partial charge in [-0.15, -0.1) is 0 Å². The Morgan fingerprint density at radius 2 is 1.74 bits per heavy atom. The minimum Gasteiger partial charge on any atom is -0.484 e. The predicted molar refractivity (Wildman–Crippen MR) is 107 cm³/mol. The fraction of sp³-hybridized carbons (Fsp3) is 0.364. The number of rotatable bonds is 9. The van der Waals surface area contributed by atoms with Crippen molar-refractivity contribution in [2.24, 2.45) is 0 Å². The maximum atomic E-state index is 12.8. The molecule has 5 nitrogen and oxygen atoms in total. The van der Waals surface area contributed by atoms with Crippen molar-refractivity contribution in [3.8, 4) is 5.75 Å². The highest BCUT2D eigenvalue weighted by molar-refractivity contribution is 5.87. The van der Waals surface area contributed by atoms with Crippen molar-refractivity contribution in [2.75, 3.05) is 19.7 Å². The van der Waals surface area contributed by atoms with Gasteiger partial charge >= 0.3 is 0 Å². The molecular weight excluding hydrogens is 340 g/mol. The lowest BCUT2D eigenvalue weighted by Crippen LogP contribution is -2.50. The molecule has 0 saturated carbocycles. The quantitative estimate of drug-likeness (QED) is 0.740. The van der Waals surface area contributed by atoms with E-state index in [1.165, 1.54) is 0 Å². The molecule has 144 valence electrons. The molecule has 0 spiro atoms. The van der Waals surface area contributed by atoms with E-state index in [-0.39, 0.29) is 18.4 Å². The summed E-state index contributed by atoms with van der Waals surface area (Å²) in [5.41, 5.74) is 2.25. The minimum absolute atomic E-state index is 0.0956. The number of ether oxygens (including phenoxy) is 1. The first kappa shape index (κ1) is 20.5. The number of amides is 2. The standard InChI is InChI=1S/C22H28N2O3/c1-4-23-22(26)18(3)24(15-14-19-8-6-5-7-9-19)21(25)16-27-20-12-10-17(2)11-13-20/h5-13,18H,4,14-16H2,1-3H3,(H,23,26)/t18-/m1/s1. The fourth-order valence-corrected chi connectivity index (χ4v) is 2.75. The molecule has 0 unspecified atom stereocenters.